The van der Waals surface area contributed by atoms with Gasteiger partial charge in [-0.1, -0.05) is 0 Å². The van der Waals surface area contributed by atoms with Gasteiger partial charge in [-0.2, -0.15) is 0 Å². The zero-order valence-corrected chi connectivity index (χ0v) is 10.1. The summed E-state index contributed by atoms with van der Waals surface area (Å²) in [5, 5.41) is 12.4. The molecule has 0 aromatic heterocycles. The summed E-state index contributed by atoms with van der Waals surface area (Å²) in [7, 11) is 3.71. The Bertz CT molecular complexity index is 358. The first-order chi connectivity index (χ1) is 7.99. The largest absolute Gasteiger partial charge is 0.390 e. The van der Waals surface area contributed by atoms with E-state index in [1.807, 2.05) is 19.0 Å². The quantitative estimate of drug-likeness (QED) is 0.783. The van der Waals surface area contributed by atoms with Gasteiger partial charge in [-0.05, 0) is 32.3 Å². The minimum atomic E-state index is -0.526. The van der Waals surface area contributed by atoms with Crippen molar-refractivity contribution in [1.82, 2.24) is 10.2 Å². The zero-order valence-electron chi connectivity index (χ0n) is 10.1. The van der Waals surface area contributed by atoms with Gasteiger partial charge in [0.15, 0.2) is 0 Å². The fraction of sp³-hybridized carbons (Fsp3) is 0.500. The first-order valence-corrected chi connectivity index (χ1v) is 5.46. The summed E-state index contributed by atoms with van der Waals surface area (Å²) in [6.07, 6.45) is -0.526. The van der Waals surface area contributed by atoms with E-state index in [2.05, 4.69) is 5.32 Å². The molecule has 2 N–H and O–H groups in total. The lowest BCUT2D eigenvalue weighted by Crippen LogP contribution is -2.34. The molecule has 1 rings (SSSR count). The number of nitrogens with one attached hydrogen (secondary N) is 1. The standard InChI is InChI=1S/C12H18F2N2O/c1-16(2)8-11(17)7-15-6-9-5-10(13)3-4-12(9)14/h3-5,11,15,17H,6-8H2,1-2H3. The number of hydrogen-bond acceptors (Lipinski definition) is 3. The van der Waals surface area contributed by atoms with E-state index < -0.39 is 17.7 Å². The van der Waals surface area contributed by atoms with Crippen LogP contribution in [0.4, 0.5) is 8.78 Å². The van der Waals surface area contributed by atoms with Gasteiger partial charge in [-0.25, -0.2) is 8.78 Å². The number of nitrogens with zero attached hydrogens (tertiary/aromatic N) is 1. The maximum absolute atomic E-state index is 13.2. The average molecular weight is 244 g/mol. The first kappa shape index (κ1) is 14.0. The van der Waals surface area contributed by atoms with E-state index >= 15 is 0 Å². The Hall–Kier alpha value is -1.04. The lowest BCUT2D eigenvalue weighted by Gasteiger charge is -2.16. The molecule has 96 valence electrons. The van der Waals surface area contributed by atoms with Crippen molar-refractivity contribution in [3.05, 3.63) is 35.4 Å². The molecule has 0 aliphatic carbocycles. The van der Waals surface area contributed by atoms with Crippen molar-refractivity contribution < 1.29 is 13.9 Å². The molecule has 1 aromatic carbocycles. The van der Waals surface area contributed by atoms with Crippen LogP contribution in [-0.4, -0.2) is 43.3 Å². The predicted molar refractivity (Wildman–Crippen MR) is 62.6 cm³/mol. The molecule has 0 aliphatic rings. The Morgan fingerprint density at radius 1 is 1.35 bits per heavy atom. The number of aliphatic hydroxyl groups excluding tert-OH is 1. The minimum absolute atomic E-state index is 0.202. The molecule has 0 saturated carbocycles. The number of halogens is 2. The highest BCUT2D eigenvalue weighted by Gasteiger charge is 2.07. The van der Waals surface area contributed by atoms with Crippen molar-refractivity contribution in [2.75, 3.05) is 27.2 Å². The van der Waals surface area contributed by atoms with E-state index in [0.29, 0.717) is 13.1 Å². The monoisotopic (exact) mass is 244 g/mol. The molecule has 5 heteroatoms. The highest BCUT2D eigenvalue weighted by atomic mass is 19.1. The van der Waals surface area contributed by atoms with Gasteiger partial charge >= 0.3 is 0 Å². The van der Waals surface area contributed by atoms with Crippen LogP contribution < -0.4 is 5.32 Å². The Labute approximate surface area is 100 Å². The van der Waals surface area contributed by atoms with Crippen LogP contribution in [0.15, 0.2) is 18.2 Å². The molecule has 0 saturated heterocycles. The van der Waals surface area contributed by atoms with Crippen LogP contribution in [0.25, 0.3) is 0 Å². The number of aliphatic hydroxyl groups is 1. The molecule has 0 amide bonds. The Kier molecular flexibility index (Phi) is 5.47. The van der Waals surface area contributed by atoms with E-state index in [1.165, 1.54) is 0 Å². The second-order valence-corrected chi connectivity index (χ2v) is 4.28. The molecule has 0 aliphatic heterocycles. The topological polar surface area (TPSA) is 35.5 Å². The average Bonchev–Trinajstić information content (AvgIpc) is 2.22. The lowest BCUT2D eigenvalue weighted by molar-refractivity contribution is 0.134. The second-order valence-electron chi connectivity index (χ2n) is 4.28. The van der Waals surface area contributed by atoms with Crippen molar-refractivity contribution in [2.24, 2.45) is 0 Å². The second kappa shape index (κ2) is 6.64. The summed E-state index contributed by atoms with van der Waals surface area (Å²) in [6, 6.07) is 3.34. The molecule has 1 atom stereocenters. The molecular weight excluding hydrogens is 226 g/mol. The molecule has 1 unspecified atom stereocenters. The molecule has 0 radical (unpaired) electrons. The van der Waals surface area contributed by atoms with E-state index in [1.54, 1.807) is 0 Å². The van der Waals surface area contributed by atoms with Crippen molar-refractivity contribution in [2.45, 2.75) is 12.6 Å². The molecule has 3 nitrogen and oxygen atoms in total. The van der Waals surface area contributed by atoms with Gasteiger partial charge in [-0.15, -0.1) is 0 Å². The van der Waals surface area contributed by atoms with Gasteiger partial charge in [0.2, 0.25) is 0 Å². The summed E-state index contributed by atoms with van der Waals surface area (Å²) >= 11 is 0. The number of rotatable bonds is 6. The molecule has 0 fully saturated rings. The highest BCUT2D eigenvalue weighted by Crippen LogP contribution is 2.08. The molecular formula is C12H18F2N2O. The molecule has 0 heterocycles. The van der Waals surface area contributed by atoms with Crippen LogP contribution >= 0.6 is 0 Å². The Balaban J connectivity index is 2.38. The summed E-state index contributed by atoms with van der Waals surface area (Å²) in [5.74, 6) is -0.905. The number of likely N-dealkylation sites (N-methyl/N-ethyl adjacent to an activating group) is 1. The normalized spacial score (nSPS) is 13.1. The highest BCUT2D eigenvalue weighted by molar-refractivity contribution is 5.18. The Morgan fingerprint density at radius 3 is 2.71 bits per heavy atom. The van der Waals surface area contributed by atoms with E-state index in [0.717, 1.165) is 18.2 Å². The molecule has 0 bridgehead atoms. The maximum Gasteiger partial charge on any atom is 0.127 e. The van der Waals surface area contributed by atoms with Gasteiger partial charge in [0.25, 0.3) is 0 Å². The van der Waals surface area contributed by atoms with Crippen LogP contribution in [0.2, 0.25) is 0 Å². The van der Waals surface area contributed by atoms with Gasteiger partial charge < -0.3 is 15.3 Å². The SMILES string of the molecule is CN(C)CC(O)CNCc1cc(F)ccc1F. The predicted octanol–water partition coefficient (Wildman–Crippen LogP) is 0.977. The fourth-order valence-electron chi connectivity index (χ4n) is 1.54. The first-order valence-electron chi connectivity index (χ1n) is 5.46. The van der Waals surface area contributed by atoms with Crippen molar-refractivity contribution in [3.63, 3.8) is 0 Å². The van der Waals surface area contributed by atoms with E-state index in [-0.39, 0.29) is 12.1 Å². The van der Waals surface area contributed by atoms with Crippen molar-refractivity contribution in [3.8, 4) is 0 Å². The third-order valence-electron chi connectivity index (χ3n) is 2.28. The maximum atomic E-state index is 13.2. The van der Waals surface area contributed by atoms with E-state index in [9.17, 15) is 13.9 Å². The third kappa shape index (κ3) is 5.21. The van der Waals surface area contributed by atoms with E-state index in [4.69, 9.17) is 0 Å². The van der Waals surface area contributed by atoms with Gasteiger partial charge in [0, 0.05) is 25.2 Å². The van der Waals surface area contributed by atoms with Crippen LogP contribution in [0, 0.1) is 11.6 Å². The summed E-state index contributed by atoms with van der Waals surface area (Å²) in [6.45, 7) is 1.07. The van der Waals surface area contributed by atoms with Gasteiger partial charge in [0.1, 0.15) is 11.6 Å². The number of benzene rings is 1. The smallest absolute Gasteiger partial charge is 0.127 e. The molecule has 0 spiro atoms. The van der Waals surface area contributed by atoms with Crippen LogP contribution in [0.5, 0.6) is 0 Å². The molecule has 17 heavy (non-hydrogen) atoms. The lowest BCUT2D eigenvalue weighted by atomic mass is 10.2. The van der Waals surface area contributed by atoms with Gasteiger partial charge in [0.05, 0.1) is 6.10 Å². The van der Waals surface area contributed by atoms with Crippen molar-refractivity contribution >= 4 is 0 Å². The van der Waals surface area contributed by atoms with Crippen LogP contribution in [0.1, 0.15) is 5.56 Å². The fourth-order valence-corrected chi connectivity index (χ4v) is 1.54. The van der Waals surface area contributed by atoms with Gasteiger partial charge in [-0.3, -0.25) is 0 Å². The number of hydrogen-bond donors (Lipinski definition) is 2. The van der Waals surface area contributed by atoms with Crippen LogP contribution in [-0.2, 0) is 6.54 Å². The zero-order chi connectivity index (χ0) is 12.8. The summed E-state index contributed by atoms with van der Waals surface area (Å²) in [4.78, 5) is 1.86. The summed E-state index contributed by atoms with van der Waals surface area (Å²) in [5.41, 5.74) is 0.266. The molecule has 1 aromatic rings. The van der Waals surface area contributed by atoms with Crippen molar-refractivity contribution in [1.29, 1.82) is 0 Å². The van der Waals surface area contributed by atoms with Crippen LogP contribution in [0.3, 0.4) is 0 Å². The summed E-state index contributed by atoms with van der Waals surface area (Å²) < 4.78 is 26.1. The Morgan fingerprint density at radius 2 is 2.06 bits per heavy atom. The third-order valence-corrected chi connectivity index (χ3v) is 2.28. The minimum Gasteiger partial charge on any atom is -0.390 e.